The zero-order valence-corrected chi connectivity index (χ0v) is 20.4. The fraction of sp³-hybridized carbons (Fsp3) is 0.458. The summed E-state index contributed by atoms with van der Waals surface area (Å²) in [4.78, 5) is 16.3. The molecule has 3 aromatic rings. The van der Waals surface area contributed by atoms with Crippen LogP contribution in [0.3, 0.4) is 0 Å². The number of hydrogen-bond donors (Lipinski definition) is 2. The quantitative estimate of drug-likeness (QED) is 0.385. The molecular weight excluding hydrogens is 479 g/mol. The molecule has 0 unspecified atom stereocenters. The minimum Gasteiger partial charge on any atom is -0.493 e. The van der Waals surface area contributed by atoms with E-state index < -0.39 is 11.7 Å². The van der Waals surface area contributed by atoms with Crippen LogP contribution >= 0.6 is 11.3 Å². The van der Waals surface area contributed by atoms with Crippen molar-refractivity contribution in [2.75, 3.05) is 31.6 Å². The van der Waals surface area contributed by atoms with Crippen LogP contribution < -0.4 is 10.1 Å². The smallest absolute Gasteiger partial charge is 0.416 e. The Labute approximate surface area is 206 Å². The van der Waals surface area contributed by atoms with Gasteiger partial charge in [-0.2, -0.15) is 13.2 Å². The average molecular weight is 508 g/mol. The Morgan fingerprint density at radius 3 is 2.77 bits per heavy atom. The average Bonchev–Trinajstić information content (AvgIpc) is 3.42. The van der Waals surface area contributed by atoms with Gasteiger partial charge < -0.3 is 15.2 Å². The molecule has 11 heteroatoms. The second-order valence-electron chi connectivity index (χ2n) is 8.51. The third-order valence-electron chi connectivity index (χ3n) is 5.96. The molecule has 35 heavy (non-hydrogen) atoms. The van der Waals surface area contributed by atoms with Crippen LogP contribution in [0.4, 0.5) is 24.8 Å². The van der Waals surface area contributed by atoms with Crippen molar-refractivity contribution in [3.8, 4) is 16.5 Å². The highest BCUT2D eigenvalue weighted by molar-refractivity contribution is 7.15. The Hall–Kier alpha value is -2.76. The molecule has 0 bridgehead atoms. The number of ether oxygens (including phenoxy) is 1. The van der Waals surface area contributed by atoms with Gasteiger partial charge in [0.15, 0.2) is 0 Å². The van der Waals surface area contributed by atoms with Gasteiger partial charge in [-0.1, -0.05) is 0 Å². The fourth-order valence-corrected chi connectivity index (χ4v) is 4.91. The molecule has 2 N–H and O–H groups in total. The number of aryl methyl sites for hydroxylation is 2. The number of benzene rings is 1. The van der Waals surface area contributed by atoms with Crippen LogP contribution in [0.1, 0.15) is 35.4 Å². The van der Waals surface area contributed by atoms with E-state index in [1.807, 2.05) is 13.8 Å². The lowest BCUT2D eigenvalue weighted by atomic mass is 10.2. The standard InChI is InChI=1S/C24H28F3N5O2S/c1-15-16(2)35-22(29-15)21-6-7-28-23(31-21)30-18-11-17(24(25,26)27)12-20(13-18)34-10-4-9-32-8-3-5-19(32)14-33/h6-7,11-13,19,33H,3-5,8-10,14H2,1-2H3,(H,28,30,31)/t19-/m0/s1. The van der Waals surface area contributed by atoms with E-state index in [4.69, 9.17) is 4.74 Å². The van der Waals surface area contributed by atoms with Crippen LogP contribution in [-0.2, 0) is 6.18 Å². The third-order valence-corrected chi connectivity index (χ3v) is 7.06. The molecule has 188 valence electrons. The van der Waals surface area contributed by atoms with Crippen LogP contribution in [0, 0.1) is 13.8 Å². The maximum atomic E-state index is 13.5. The van der Waals surface area contributed by atoms with Crippen LogP contribution in [0.5, 0.6) is 5.75 Å². The Morgan fingerprint density at radius 1 is 1.23 bits per heavy atom. The van der Waals surface area contributed by atoms with Gasteiger partial charge in [0.1, 0.15) is 16.5 Å². The zero-order chi connectivity index (χ0) is 25.0. The number of nitrogens with zero attached hydrogens (tertiary/aromatic N) is 4. The maximum Gasteiger partial charge on any atom is 0.416 e. The first-order valence-electron chi connectivity index (χ1n) is 11.5. The predicted molar refractivity (Wildman–Crippen MR) is 129 cm³/mol. The van der Waals surface area contributed by atoms with Gasteiger partial charge in [-0.3, -0.25) is 4.90 Å². The molecule has 0 radical (unpaired) electrons. The van der Waals surface area contributed by atoms with E-state index >= 15 is 0 Å². The molecule has 4 rings (SSSR count). The van der Waals surface area contributed by atoms with Crippen molar-refractivity contribution in [3.05, 3.63) is 46.6 Å². The van der Waals surface area contributed by atoms with Crippen molar-refractivity contribution in [1.29, 1.82) is 0 Å². The maximum absolute atomic E-state index is 13.5. The van der Waals surface area contributed by atoms with E-state index in [9.17, 15) is 18.3 Å². The topological polar surface area (TPSA) is 83.4 Å². The lowest BCUT2D eigenvalue weighted by Gasteiger charge is -2.22. The fourth-order valence-electron chi connectivity index (χ4n) is 4.02. The molecule has 0 saturated carbocycles. The van der Waals surface area contributed by atoms with E-state index in [1.165, 1.54) is 17.4 Å². The summed E-state index contributed by atoms with van der Waals surface area (Å²) in [6.07, 6.45) is -0.337. The number of anilines is 2. The lowest BCUT2D eigenvalue weighted by Crippen LogP contribution is -2.33. The monoisotopic (exact) mass is 507 g/mol. The molecule has 0 spiro atoms. The highest BCUT2D eigenvalue weighted by Crippen LogP contribution is 2.35. The van der Waals surface area contributed by atoms with E-state index in [1.54, 1.807) is 12.3 Å². The van der Waals surface area contributed by atoms with Crippen molar-refractivity contribution < 1.29 is 23.0 Å². The van der Waals surface area contributed by atoms with Crippen molar-refractivity contribution in [2.45, 2.75) is 45.3 Å². The molecule has 3 heterocycles. The van der Waals surface area contributed by atoms with Gasteiger partial charge >= 0.3 is 6.18 Å². The highest BCUT2D eigenvalue weighted by atomic mass is 32.1. The van der Waals surface area contributed by atoms with Gasteiger partial charge in [-0.15, -0.1) is 11.3 Å². The zero-order valence-electron chi connectivity index (χ0n) is 19.6. The summed E-state index contributed by atoms with van der Waals surface area (Å²) in [5, 5.41) is 13.0. The Morgan fingerprint density at radius 2 is 2.06 bits per heavy atom. The predicted octanol–water partition coefficient (Wildman–Crippen LogP) is 5.20. The summed E-state index contributed by atoms with van der Waals surface area (Å²) in [5.74, 6) is 0.284. The van der Waals surface area contributed by atoms with Crippen molar-refractivity contribution >= 4 is 23.0 Å². The van der Waals surface area contributed by atoms with Crippen LogP contribution in [0.2, 0.25) is 0 Å². The first-order chi connectivity index (χ1) is 16.7. The third kappa shape index (κ3) is 6.47. The number of alkyl halides is 3. The number of thiazole rings is 1. The highest BCUT2D eigenvalue weighted by Gasteiger charge is 2.31. The number of rotatable bonds is 9. The SMILES string of the molecule is Cc1nc(-c2ccnc(Nc3cc(OCCCN4CCC[C@H]4CO)cc(C(F)(F)F)c3)n2)sc1C. The Bertz CT molecular complexity index is 1130. The van der Waals surface area contributed by atoms with Gasteiger partial charge in [0.05, 0.1) is 24.5 Å². The molecule has 1 aromatic carbocycles. The van der Waals surface area contributed by atoms with Crippen LogP contribution in [0.15, 0.2) is 30.5 Å². The van der Waals surface area contributed by atoms with Gasteiger partial charge in [0.25, 0.3) is 0 Å². The van der Waals surface area contributed by atoms with E-state index in [-0.39, 0.29) is 36.6 Å². The first-order valence-corrected chi connectivity index (χ1v) is 12.3. The van der Waals surface area contributed by atoms with Gasteiger partial charge in [-0.05, 0) is 57.9 Å². The number of likely N-dealkylation sites (tertiary alicyclic amines) is 1. The van der Waals surface area contributed by atoms with Crippen LogP contribution in [-0.4, -0.2) is 57.3 Å². The van der Waals surface area contributed by atoms with Gasteiger partial charge in [-0.25, -0.2) is 15.0 Å². The van der Waals surface area contributed by atoms with Crippen molar-refractivity contribution in [2.24, 2.45) is 0 Å². The summed E-state index contributed by atoms with van der Waals surface area (Å²) in [5.41, 5.74) is 0.864. The Balaban J connectivity index is 1.46. The first kappa shape index (κ1) is 25.3. The van der Waals surface area contributed by atoms with Gasteiger partial charge in [0, 0.05) is 35.4 Å². The molecule has 2 aromatic heterocycles. The summed E-state index contributed by atoms with van der Waals surface area (Å²) in [7, 11) is 0. The molecule has 7 nitrogen and oxygen atoms in total. The second-order valence-corrected chi connectivity index (χ2v) is 9.71. The summed E-state index contributed by atoms with van der Waals surface area (Å²) < 4.78 is 46.3. The number of halogens is 3. The normalized spacial score (nSPS) is 16.6. The minimum atomic E-state index is -4.53. The number of aliphatic hydroxyl groups excluding tert-OH is 1. The Kier molecular flexibility index (Phi) is 7.88. The molecule has 0 amide bonds. The van der Waals surface area contributed by atoms with Crippen molar-refractivity contribution in [1.82, 2.24) is 19.9 Å². The van der Waals surface area contributed by atoms with E-state index in [0.29, 0.717) is 12.1 Å². The van der Waals surface area contributed by atoms with Crippen LogP contribution in [0.25, 0.3) is 10.7 Å². The molecule has 0 aliphatic carbocycles. The molecule has 1 aliphatic rings. The number of nitrogens with one attached hydrogen (secondary N) is 1. The largest absolute Gasteiger partial charge is 0.493 e. The minimum absolute atomic E-state index is 0.116. The molecule has 1 saturated heterocycles. The van der Waals surface area contributed by atoms with E-state index in [0.717, 1.165) is 53.6 Å². The molecule has 1 fully saturated rings. The second kappa shape index (κ2) is 10.9. The number of aromatic nitrogens is 3. The molecule has 1 atom stereocenters. The number of hydrogen-bond acceptors (Lipinski definition) is 8. The molecule has 1 aliphatic heterocycles. The summed E-state index contributed by atoms with van der Waals surface area (Å²) in [6, 6.07) is 5.39. The van der Waals surface area contributed by atoms with Crippen molar-refractivity contribution in [3.63, 3.8) is 0 Å². The van der Waals surface area contributed by atoms with Gasteiger partial charge in [0.2, 0.25) is 5.95 Å². The van der Waals surface area contributed by atoms with E-state index in [2.05, 4.69) is 25.2 Å². The number of aliphatic hydroxyl groups is 1. The molecular formula is C24H28F3N5O2S. The lowest BCUT2D eigenvalue weighted by molar-refractivity contribution is -0.137. The summed E-state index contributed by atoms with van der Waals surface area (Å²) >= 11 is 1.50. The summed E-state index contributed by atoms with van der Waals surface area (Å²) in [6.45, 7) is 5.92.